The van der Waals surface area contributed by atoms with Crippen molar-refractivity contribution in [3.8, 4) is 11.3 Å². The number of amides is 1. The predicted octanol–water partition coefficient (Wildman–Crippen LogP) is 2.60. The van der Waals surface area contributed by atoms with Crippen LogP contribution in [0.25, 0.3) is 11.3 Å². The van der Waals surface area contributed by atoms with Crippen molar-refractivity contribution in [3.05, 3.63) is 28.3 Å². The zero-order valence-electron chi connectivity index (χ0n) is 13.5. The number of aliphatic hydroxyl groups excluding tert-OH is 1. The minimum Gasteiger partial charge on any atom is -0.396 e. The summed E-state index contributed by atoms with van der Waals surface area (Å²) >= 11 is 1.60. The Morgan fingerprint density at radius 3 is 2.82 bits per heavy atom. The summed E-state index contributed by atoms with van der Waals surface area (Å²) in [4.78, 5) is 16.8. The summed E-state index contributed by atoms with van der Waals surface area (Å²) in [7, 11) is 1.86. The Labute approximate surface area is 135 Å². The molecule has 0 radical (unpaired) electrons. The minimum atomic E-state index is -0.121. The molecule has 1 amide bonds. The molecule has 2 heterocycles. The molecule has 0 atom stereocenters. The largest absolute Gasteiger partial charge is 0.396 e. The van der Waals surface area contributed by atoms with Gasteiger partial charge >= 0.3 is 0 Å². The molecule has 0 aromatic carbocycles. The van der Waals surface area contributed by atoms with E-state index in [0.29, 0.717) is 18.7 Å². The molecule has 0 aliphatic heterocycles. The molecule has 2 rings (SSSR count). The molecule has 0 bridgehead atoms. The molecule has 5 nitrogen and oxygen atoms in total. The Hall–Kier alpha value is -1.66. The van der Waals surface area contributed by atoms with Gasteiger partial charge in [-0.1, -0.05) is 13.8 Å². The quantitative estimate of drug-likeness (QED) is 0.859. The number of aryl methyl sites for hydroxylation is 2. The van der Waals surface area contributed by atoms with Gasteiger partial charge in [-0.05, 0) is 24.8 Å². The second-order valence-corrected chi connectivity index (χ2v) is 7.36. The van der Waals surface area contributed by atoms with Gasteiger partial charge < -0.3 is 15.0 Å². The molecule has 0 fully saturated rings. The number of hydrogen-bond donors (Lipinski definition) is 2. The van der Waals surface area contributed by atoms with Crippen LogP contribution in [0.15, 0.2) is 17.6 Å². The van der Waals surface area contributed by atoms with Gasteiger partial charge in [-0.2, -0.15) is 0 Å². The average Bonchev–Trinajstić information content (AvgIpc) is 3.02. The maximum absolute atomic E-state index is 12.4. The third-order valence-electron chi connectivity index (χ3n) is 3.67. The van der Waals surface area contributed by atoms with Crippen LogP contribution in [0.1, 0.15) is 35.8 Å². The summed E-state index contributed by atoms with van der Waals surface area (Å²) in [6.07, 6.45) is 2.58. The normalized spacial score (nSPS) is 11.7. The van der Waals surface area contributed by atoms with E-state index in [0.717, 1.165) is 16.3 Å². The first-order valence-corrected chi connectivity index (χ1v) is 8.18. The number of thiazole rings is 1. The van der Waals surface area contributed by atoms with Crippen molar-refractivity contribution in [1.82, 2.24) is 14.9 Å². The molecule has 0 unspecified atom stereocenters. The molecular formula is C16H23N3O2S. The number of carbonyl (C=O) groups is 1. The van der Waals surface area contributed by atoms with Crippen LogP contribution in [0.4, 0.5) is 0 Å². The van der Waals surface area contributed by atoms with Crippen molar-refractivity contribution in [2.24, 2.45) is 12.5 Å². The maximum Gasteiger partial charge on any atom is 0.267 e. The van der Waals surface area contributed by atoms with E-state index in [2.05, 4.69) is 10.3 Å². The van der Waals surface area contributed by atoms with E-state index in [1.807, 2.05) is 50.0 Å². The average molecular weight is 321 g/mol. The smallest absolute Gasteiger partial charge is 0.267 e. The monoisotopic (exact) mass is 321 g/mol. The highest BCUT2D eigenvalue weighted by atomic mass is 32.1. The first kappa shape index (κ1) is 16.7. The Bertz CT molecular complexity index is 658. The molecule has 0 spiro atoms. The number of nitrogens with one attached hydrogen (secondary N) is 1. The van der Waals surface area contributed by atoms with Crippen LogP contribution in [-0.4, -0.2) is 33.7 Å². The standard InChI is InChI=1S/C16H23N3O2S/c1-11-18-13(9-22-11)12-7-14(19(4)8-12)15(21)17-10-16(2,3)5-6-20/h7-9,20H,5-6,10H2,1-4H3,(H,17,21). The molecule has 22 heavy (non-hydrogen) atoms. The van der Waals surface area contributed by atoms with Crippen molar-refractivity contribution in [2.75, 3.05) is 13.2 Å². The molecule has 0 saturated heterocycles. The number of hydrogen-bond acceptors (Lipinski definition) is 4. The van der Waals surface area contributed by atoms with Crippen molar-refractivity contribution >= 4 is 17.2 Å². The van der Waals surface area contributed by atoms with E-state index < -0.39 is 0 Å². The molecule has 0 aliphatic carbocycles. The highest BCUT2D eigenvalue weighted by Gasteiger charge is 2.20. The SMILES string of the molecule is Cc1nc(-c2cc(C(=O)NCC(C)(C)CCO)n(C)c2)cs1. The van der Waals surface area contributed by atoms with Gasteiger partial charge in [0.05, 0.1) is 10.7 Å². The van der Waals surface area contributed by atoms with Gasteiger partial charge in [0.15, 0.2) is 0 Å². The lowest BCUT2D eigenvalue weighted by Crippen LogP contribution is -2.35. The van der Waals surface area contributed by atoms with E-state index in [1.165, 1.54) is 0 Å². The first-order valence-electron chi connectivity index (χ1n) is 7.30. The lowest BCUT2D eigenvalue weighted by atomic mass is 9.90. The van der Waals surface area contributed by atoms with Crippen molar-refractivity contribution in [1.29, 1.82) is 0 Å². The van der Waals surface area contributed by atoms with Gasteiger partial charge in [0, 0.05) is 37.3 Å². The lowest BCUT2D eigenvalue weighted by molar-refractivity contribution is 0.0920. The number of aliphatic hydroxyl groups is 1. The van der Waals surface area contributed by atoms with Crippen molar-refractivity contribution in [2.45, 2.75) is 27.2 Å². The maximum atomic E-state index is 12.4. The third-order valence-corrected chi connectivity index (χ3v) is 4.44. The predicted molar refractivity (Wildman–Crippen MR) is 89.1 cm³/mol. The Morgan fingerprint density at radius 1 is 1.50 bits per heavy atom. The van der Waals surface area contributed by atoms with Gasteiger partial charge in [0.25, 0.3) is 5.91 Å². The molecule has 120 valence electrons. The van der Waals surface area contributed by atoms with Gasteiger partial charge in [0.1, 0.15) is 5.69 Å². The van der Waals surface area contributed by atoms with Gasteiger partial charge in [0.2, 0.25) is 0 Å². The fraction of sp³-hybridized carbons (Fsp3) is 0.500. The molecule has 2 aromatic heterocycles. The van der Waals surface area contributed by atoms with Crippen LogP contribution in [0.3, 0.4) is 0 Å². The summed E-state index contributed by atoms with van der Waals surface area (Å²) < 4.78 is 1.82. The second-order valence-electron chi connectivity index (χ2n) is 6.30. The zero-order chi connectivity index (χ0) is 16.3. The molecular weight excluding hydrogens is 298 g/mol. The summed E-state index contributed by atoms with van der Waals surface area (Å²) in [5.74, 6) is -0.105. The molecule has 2 aromatic rings. The number of rotatable bonds is 6. The first-order chi connectivity index (χ1) is 10.3. The highest BCUT2D eigenvalue weighted by Crippen LogP contribution is 2.24. The Kier molecular flexibility index (Phi) is 5.03. The van der Waals surface area contributed by atoms with Gasteiger partial charge in [-0.15, -0.1) is 11.3 Å². The third kappa shape index (κ3) is 3.96. The van der Waals surface area contributed by atoms with Crippen LogP contribution in [0, 0.1) is 12.3 Å². The molecule has 2 N–H and O–H groups in total. The second kappa shape index (κ2) is 6.62. The van der Waals surface area contributed by atoms with Crippen LogP contribution in [-0.2, 0) is 7.05 Å². The lowest BCUT2D eigenvalue weighted by Gasteiger charge is -2.23. The topological polar surface area (TPSA) is 67.2 Å². The Morgan fingerprint density at radius 2 is 2.23 bits per heavy atom. The van der Waals surface area contributed by atoms with E-state index in [-0.39, 0.29) is 17.9 Å². The fourth-order valence-electron chi connectivity index (χ4n) is 2.23. The van der Waals surface area contributed by atoms with E-state index in [9.17, 15) is 4.79 Å². The van der Waals surface area contributed by atoms with Gasteiger partial charge in [-0.25, -0.2) is 4.98 Å². The van der Waals surface area contributed by atoms with Crippen LogP contribution in [0.5, 0.6) is 0 Å². The minimum absolute atomic E-state index is 0.105. The highest BCUT2D eigenvalue weighted by molar-refractivity contribution is 7.09. The summed E-state index contributed by atoms with van der Waals surface area (Å²) in [5.41, 5.74) is 2.34. The zero-order valence-corrected chi connectivity index (χ0v) is 14.3. The number of nitrogens with zero attached hydrogens (tertiary/aromatic N) is 2. The molecule has 0 aliphatic rings. The van der Waals surface area contributed by atoms with E-state index >= 15 is 0 Å². The van der Waals surface area contributed by atoms with Crippen LogP contribution >= 0.6 is 11.3 Å². The van der Waals surface area contributed by atoms with E-state index in [4.69, 9.17) is 5.11 Å². The van der Waals surface area contributed by atoms with E-state index in [1.54, 1.807) is 11.3 Å². The molecule has 6 heteroatoms. The van der Waals surface area contributed by atoms with Crippen LogP contribution in [0.2, 0.25) is 0 Å². The summed E-state index contributed by atoms with van der Waals surface area (Å²) in [6.45, 7) is 6.67. The van der Waals surface area contributed by atoms with Crippen LogP contribution < -0.4 is 5.32 Å². The Balaban J connectivity index is 2.09. The summed E-state index contributed by atoms with van der Waals surface area (Å²) in [6, 6.07) is 1.86. The number of carbonyl (C=O) groups excluding carboxylic acids is 1. The van der Waals surface area contributed by atoms with Crippen molar-refractivity contribution < 1.29 is 9.90 Å². The fourth-order valence-corrected chi connectivity index (χ4v) is 2.85. The molecule has 0 saturated carbocycles. The van der Waals surface area contributed by atoms with Gasteiger partial charge in [-0.3, -0.25) is 4.79 Å². The summed E-state index contributed by atoms with van der Waals surface area (Å²) in [5, 5.41) is 15.0. The van der Waals surface area contributed by atoms with Crippen molar-refractivity contribution in [3.63, 3.8) is 0 Å². The number of aromatic nitrogens is 2.